The molecule has 110 valence electrons. The summed E-state index contributed by atoms with van der Waals surface area (Å²) in [6.45, 7) is 0. The van der Waals surface area contributed by atoms with Crippen molar-refractivity contribution in [2.75, 3.05) is 31.4 Å². The highest BCUT2D eigenvalue weighted by atomic mass is 79.9. The van der Waals surface area contributed by atoms with Gasteiger partial charge in [0.25, 0.3) is 5.91 Å². The van der Waals surface area contributed by atoms with Crippen molar-refractivity contribution in [1.82, 2.24) is 0 Å². The number of halogens is 1. The van der Waals surface area contributed by atoms with Crippen LogP contribution in [0.5, 0.6) is 5.75 Å². The highest BCUT2D eigenvalue weighted by Crippen LogP contribution is 2.27. The summed E-state index contributed by atoms with van der Waals surface area (Å²) < 4.78 is 5.97. The summed E-state index contributed by atoms with van der Waals surface area (Å²) in [4.78, 5) is 14.3. The molecular weight excluding hydrogens is 332 g/mol. The molecule has 0 heterocycles. The Morgan fingerprint density at radius 3 is 2.62 bits per heavy atom. The lowest BCUT2D eigenvalue weighted by atomic mass is 10.1. The third-order valence-electron chi connectivity index (χ3n) is 3.05. The topological polar surface area (TPSA) is 41.6 Å². The van der Waals surface area contributed by atoms with Crippen LogP contribution < -0.4 is 15.0 Å². The minimum absolute atomic E-state index is 0.160. The van der Waals surface area contributed by atoms with Crippen LogP contribution in [0.25, 0.3) is 0 Å². The van der Waals surface area contributed by atoms with Crippen LogP contribution in [0.3, 0.4) is 0 Å². The van der Waals surface area contributed by atoms with Crippen LogP contribution in [-0.4, -0.2) is 27.1 Å². The van der Waals surface area contributed by atoms with Gasteiger partial charge >= 0.3 is 0 Å². The minimum Gasteiger partial charge on any atom is -0.497 e. The number of methoxy groups -OCH3 is 1. The highest BCUT2D eigenvalue weighted by Gasteiger charge is 2.10. The van der Waals surface area contributed by atoms with Gasteiger partial charge in [0.05, 0.1) is 12.8 Å². The van der Waals surface area contributed by atoms with Crippen molar-refractivity contribution in [3.05, 3.63) is 52.5 Å². The van der Waals surface area contributed by atoms with E-state index in [0.29, 0.717) is 17.0 Å². The van der Waals surface area contributed by atoms with Gasteiger partial charge in [0.2, 0.25) is 0 Å². The third kappa shape index (κ3) is 3.76. The number of nitrogens with one attached hydrogen (secondary N) is 1. The second-order valence-corrected chi connectivity index (χ2v) is 5.60. The molecule has 0 aliphatic heterocycles. The number of rotatable bonds is 4. The first-order valence-corrected chi connectivity index (χ1v) is 7.23. The van der Waals surface area contributed by atoms with Gasteiger partial charge in [-0.15, -0.1) is 0 Å². The Balaban J connectivity index is 2.23. The van der Waals surface area contributed by atoms with E-state index >= 15 is 0 Å². The number of carbonyl (C=O) groups is 1. The number of ether oxygens (including phenoxy) is 1. The molecule has 0 bridgehead atoms. The van der Waals surface area contributed by atoms with Crippen molar-refractivity contribution in [2.45, 2.75) is 0 Å². The lowest BCUT2D eigenvalue weighted by Crippen LogP contribution is -2.14. The fraction of sp³-hybridized carbons (Fsp3) is 0.188. The van der Waals surface area contributed by atoms with E-state index < -0.39 is 0 Å². The van der Waals surface area contributed by atoms with Crippen molar-refractivity contribution < 1.29 is 9.53 Å². The van der Waals surface area contributed by atoms with Crippen LogP contribution in [-0.2, 0) is 0 Å². The fourth-order valence-electron chi connectivity index (χ4n) is 1.85. The summed E-state index contributed by atoms with van der Waals surface area (Å²) in [5.41, 5.74) is 2.26. The number of benzene rings is 2. The van der Waals surface area contributed by atoms with Gasteiger partial charge < -0.3 is 15.0 Å². The molecule has 2 aromatic carbocycles. The maximum atomic E-state index is 12.3. The smallest absolute Gasteiger partial charge is 0.255 e. The summed E-state index contributed by atoms with van der Waals surface area (Å²) in [7, 11) is 5.47. The third-order valence-corrected chi connectivity index (χ3v) is 3.74. The van der Waals surface area contributed by atoms with Crippen molar-refractivity contribution in [3.63, 3.8) is 0 Å². The van der Waals surface area contributed by atoms with E-state index in [1.54, 1.807) is 19.2 Å². The quantitative estimate of drug-likeness (QED) is 0.914. The van der Waals surface area contributed by atoms with Gasteiger partial charge in [-0.1, -0.05) is 6.07 Å². The minimum atomic E-state index is -0.160. The second-order valence-electron chi connectivity index (χ2n) is 4.74. The van der Waals surface area contributed by atoms with Gasteiger partial charge in [-0.25, -0.2) is 0 Å². The Kier molecular flexibility index (Phi) is 4.85. The van der Waals surface area contributed by atoms with E-state index in [4.69, 9.17) is 4.74 Å². The average Bonchev–Trinajstić information content (AvgIpc) is 2.49. The van der Waals surface area contributed by atoms with Crippen molar-refractivity contribution in [1.29, 1.82) is 0 Å². The van der Waals surface area contributed by atoms with E-state index in [1.807, 2.05) is 49.3 Å². The molecule has 5 heteroatoms. The lowest BCUT2D eigenvalue weighted by Gasteiger charge is -2.14. The maximum absolute atomic E-state index is 12.3. The number of hydrogen-bond donors (Lipinski definition) is 1. The first-order valence-electron chi connectivity index (χ1n) is 6.43. The molecule has 0 atom stereocenters. The molecule has 4 nitrogen and oxygen atoms in total. The van der Waals surface area contributed by atoms with E-state index in [0.717, 1.165) is 10.2 Å². The molecule has 0 radical (unpaired) electrons. The molecular formula is C16H17BrN2O2. The van der Waals surface area contributed by atoms with Gasteiger partial charge in [0, 0.05) is 35.9 Å². The van der Waals surface area contributed by atoms with Gasteiger partial charge in [0.1, 0.15) is 5.75 Å². The Hall–Kier alpha value is -2.01. The van der Waals surface area contributed by atoms with Crippen LogP contribution in [0.2, 0.25) is 0 Å². The molecule has 1 amide bonds. The standard InChI is InChI=1S/C16H17BrN2O2/c1-19(2)12-6-4-5-11(9-12)16(20)18-15-10-13(21-3)7-8-14(15)17/h4-10H,1-3H3,(H,18,20). The average molecular weight is 349 g/mol. The first-order chi connectivity index (χ1) is 10.0. The number of anilines is 2. The van der Waals surface area contributed by atoms with Gasteiger partial charge in [-0.05, 0) is 46.3 Å². The van der Waals surface area contributed by atoms with Crippen LogP contribution in [0, 0.1) is 0 Å². The number of carbonyl (C=O) groups excluding carboxylic acids is 1. The van der Waals surface area contributed by atoms with Crippen LogP contribution in [0.15, 0.2) is 46.9 Å². The Bertz CT molecular complexity index is 656. The lowest BCUT2D eigenvalue weighted by molar-refractivity contribution is 0.102. The van der Waals surface area contributed by atoms with Gasteiger partial charge in [0.15, 0.2) is 0 Å². The van der Waals surface area contributed by atoms with E-state index in [-0.39, 0.29) is 5.91 Å². The number of nitrogens with zero attached hydrogens (tertiary/aromatic N) is 1. The van der Waals surface area contributed by atoms with Crippen molar-refractivity contribution in [2.24, 2.45) is 0 Å². The monoisotopic (exact) mass is 348 g/mol. The van der Waals surface area contributed by atoms with E-state index in [2.05, 4.69) is 21.2 Å². The molecule has 0 saturated heterocycles. The summed E-state index contributed by atoms with van der Waals surface area (Å²) in [6, 6.07) is 12.9. The van der Waals surface area contributed by atoms with Crippen LogP contribution >= 0.6 is 15.9 Å². The van der Waals surface area contributed by atoms with Crippen molar-refractivity contribution >= 4 is 33.2 Å². The molecule has 0 unspecified atom stereocenters. The maximum Gasteiger partial charge on any atom is 0.255 e. The highest BCUT2D eigenvalue weighted by molar-refractivity contribution is 9.10. The summed E-state index contributed by atoms with van der Waals surface area (Å²) in [5, 5.41) is 2.88. The van der Waals surface area contributed by atoms with Crippen LogP contribution in [0.1, 0.15) is 10.4 Å². The molecule has 1 N–H and O–H groups in total. The van der Waals surface area contributed by atoms with E-state index in [1.165, 1.54) is 0 Å². The summed E-state index contributed by atoms with van der Waals surface area (Å²) in [5.74, 6) is 0.531. The SMILES string of the molecule is COc1ccc(Br)c(NC(=O)c2cccc(N(C)C)c2)c1. The normalized spacial score (nSPS) is 10.1. The predicted octanol–water partition coefficient (Wildman–Crippen LogP) is 3.78. The Morgan fingerprint density at radius 1 is 1.19 bits per heavy atom. The number of amides is 1. The molecule has 0 fully saturated rings. The second kappa shape index (κ2) is 6.63. The molecule has 2 rings (SSSR count). The summed E-state index contributed by atoms with van der Waals surface area (Å²) in [6.07, 6.45) is 0. The van der Waals surface area contributed by atoms with E-state index in [9.17, 15) is 4.79 Å². The molecule has 2 aromatic rings. The zero-order chi connectivity index (χ0) is 15.4. The number of hydrogen-bond acceptors (Lipinski definition) is 3. The molecule has 0 aliphatic carbocycles. The van der Waals surface area contributed by atoms with Crippen molar-refractivity contribution in [3.8, 4) is 5.75 Å². The molecule has 0 aromatic heterocycles. The molecule has 0 spiro atoms. The fourth-order valence-corrected chi connectivity index (χ4v) is 2.19. The zero-order valence-corrected chi connectivity index (χ0v) is 13.8. The summed E-state index contributed by atoms with van der Waals surface area (Å²) >= 11 is 3.42. The molecule has 0 aliphatic rings. The van der Waals surface area contributed by atoms with Gasteiger partial charge in [-0.3, -0.25) is 4.79 Å². The molecule has 21 heavy (non-hydrogen) atoms. The predicted molar refractivity (Wildman–Crippen MR) is 89.4 cm³/mol. The van der Waals surface area contributed by atoms with Crippen LogP contribution in [0.4, 0.5) is 11.4 Å². The first kappa shape index (κ1) is 15.4. The zero-order valence-electron chi connectivity index (χ0n) is 12.2. The largest absolute Gasteiger partial charge is 0.497 e. The Morgan fingerprint density at radius 2 is 1.95 bits per heavy atom. The Labute approximate surface area is 132 Å². The van der Waals surface area contributed by atoms with Gasteiger partial charge in [-0.2, -0.15) is 0 Å². The molecule has 0 saturated carbocycles.